The van der Waals surface area contributed by atoms with Crippen LogP contribution in [0, 0.1) is 6.92 Å². The van der Waals surface area contributed by atoms with Crippen molar-refractivity contribution in [1.29, 1.82) is 0 Å². The quantitative estimate of drug-likeness (QED) is 0.554. The summed E-state index contributed by atoms with van der Waals surface area (Å²) in [6.45, 7) is 1.87. The Morgan fingerprint density at radius 2 is 2.55 bits per heavy atom. The van der Waals surface area contributed by atoms with E-state index in [2.05, 4.69) is 5.10 Å². The monoisotopic (exact) mass is 151 g/mol. The Morgan fingerprint density at radius 1 is 1.82 bits per heavy atom. The molecule has 1 aliphatic rings. The molecule has 2 N–H and O–H groups in total. The highest BCUT2D eigenvalue weighted by Gasteiger charge is 2.28. The number of carbonyl (C=O) groups excluding carboxylic acids is 1. The molecule has 1 aliphatic heterocycles. The Labute approximate surface area is 64.0 Å². The molecule has 2 heterocycles. The Hall–Kier alpha value is -1.16. The van der Waals surface area contributed by atoms with Gasteiger partial charge in [0.1, 0.15) is 0 Å². The summed E-state index contributed by atoms with van der Waals surface area (Å²) in [5, 5.41) is 4.01. The SMILES string of the molecule is Cc1cc2n(n1)C(=O)[C@H](N)C2. The largest absolute Gasteiger partial charge is 0.319 e. The highest BCUT2D eigenvalue weighted by molar-refractivity contribution is 5.86. The predicted octanol–water partition coefficient (Wildman–Crippen LogP) is -0.285. The van der Waals surface area contributed by atoms with Gasteiger partial charge in [0.25, 0.3) is 5.91 Å². The van der Waals surface area contributed by atoms with E-state index in [1.165, 1.54) is 4.68 Å². The van der Waals surface area contributed by atoms with Crippen molar-refractivity contribution in [3.8, 4) is 0 Å². The molecule has 4 heteroatoms. The molecule has 1 aromatic rings. The molecule has 0 radical (unpaired) electrons. The van der Waals surface area contributed by atoms with E-state index < -0.39 is 0 Å². The van der Waals surface area contributed by atoms with E-state index in [1.807, 2.05) is 13.0 Å². The Bertz CT molecular complexity index is 315. The fourth-order valence-electron chi connectivity index (χ4n) is 1.36. The second kappa shape index (κ2) is 1.92. The number of hydrogen-bond acceptors (Lipinski definition) is 3. The molecule has 0 aromatic carbocycles. The van der Waals surface area contributed by atoms with Crippen LogP contribution in [-0.2, 0) is 6.42 Å². The molecule has 0 unspecified atom stereocenters. The van der Waals surface area contributed by atoms with Crippen LogP contribution < -0.4 is 5.73 Å². The maximum Gasteiger partial charge on any atom is 0.264 e. The smallest absolute Gasteiger partial charge is 0.264 e. The second-order valence-electron chi connectivity index (χ2n) is 2.84. The molecule has 0 fully saturated rings. The lowest BCUT2D eigenvalue weighted by Crippen LogP contribution is -2.29. The normalized spacial score (nSPS) is 22.4. The van der Waals surface area contributed by atoms with Gasteiger partial charge in [0.15, 0.2) is 0 Å². The minimum atomic E-state index is -0.377. The topological polar surface area (TPSA) is 60.9 Å². The molecule has 0 saturated carbocycles. The van der Waals surface area contributed by atoms with Crippen LogP contribution in [0.5, 0.6) is 0 Å². The van der Waals surface area contributed by atoms with Crippen molar-refractivity contribution in [3.63, 3.8) is 0 Å². The van der Waals surface area contributed by atoms with Crippen molar-refractivity contribution in [3.05, 3.63) is 17.5 Å². The summed E-state index contributed by atoms with van der Waals surface area (Å²) in [6.07, 6.45) is 0.625. The summed E-state index contributed by atoms with van der Waals surface area (Å²) in [5.74, 6) is -0.0897. The lowest BCUT2D eigenvalue weighted by atomic mass is 10.2. The average Bonchev–Trinajstić information content (AvgIpc) is 2.37. The first-order valence-electron chi connectivity index (χ1n) is 3.54. The summed E-state index contributed by atoms with van der Waals surface area (Å²) in [7, 11) is 0. The van der Waals surface area contributed by atoms with E-state index in [4.69, 9.17) is 5.73 Å². The van der Waals surface area contributed by atoms with Crippen LogP contribution in [-0.4, -0.2) is 21.7 Å². The van der Waals surface area contributed by atoms with Crippen LogP contribution in [0.25, 0.3) is 0 Å². The molecular formula is C7H9N3O. The van der Waals surface area contributed by atoms with Gasteiger partial charge in [-0.15, -0.1) is 0 Å². The van der Waals surface area contributed by atoms with Gasteiger partial charge in [0.05, 0.1) is 11.7 Å². The van der Waals surface area contributed by atoms with Crippen molar-refractivity contribution in [2.45, 2.75) is 19.4 Å². The first kappa shape index (κ1) is 6.54. The van der Waals surface area contributed by atoms with Gasteiger partial charge in [-0.3, -0.25) is 4.79 Å². The number of aryl methyl sites for hydroxylation is 1. The Balaban J connectivity index is 2.52. The van der Waals surface area contributed by atoms with E-state index in [1.54, 1.807) is 0 Å². The number of nitrogens with zero attached hydrogens (tertiary/aromatic N) is 2. The summed E-state index contributed by atoms with van der Waals surface area (Å²) >= 11 is 0. The molecule has 0 saturated heterocycles. The van der Waals surface area contributed by atoms with Crippen molar-refractivity contribution in [2.24, 2.45) is 5.73 Å². The number of carbonyl (C=O) groups is 1. The fourth-order valence-corrected chi connectivity index (χ4v) is 1.36. The van der Waals surface area contributed by atoms with Gasteiger partial charge >= 0.3 is 0 Å². The zero-order chi connectivity index (χ0) is 8.01. The number of hydrogen-bond donors (Lipinski definition) is 1. The van der Waals surface area contributed by atoms with Crippen molar-refractivity contribution < 1.29 is 4.79 Å². The molecule has 1 aromatic heterocycles. The summed E-state index contributed by atoms with van der Waals surface area (Å²) in [4.78, 5) is 11.2. The Kier molecular flexibility index (Phi) is 1.14. The van der Waals surface area contributed by atoms with Gasteiger partial charge in [0.2, 0.25) is 0 Å². The summed E-state index contributed by atoms with van der Waals surface area (Å²) < 4.78 is 1.40. The standard InChI is InChI=1S/C7H9N3O/c1-4-2-5-3-6(8)7(11)10(5)9-4/h2,6H,3,8H2,1H3/t6-/m1/s1. The lowest BCUT2D eigenvalue weighted by Gasteiger charge is -1.95. The van der Waals surface area contributed by atoms with Crippen LogP contribution in [0.4, 0.5) is 0 Å². The van der Waals surface area contributed by atoms with E-state index in [9.17, 15) is 4.79 Å². The van der Waals surface area contributed by atoms with Gasteiger partial charge in [-0.05, 0) is 13.0 Å². The van der Waals surface area contributed by atoms with E-state index in [0.29, 0.717) is 6.42 Å². The summed E-state index contributed by atoms with van der Waals surface area (Å²) in [5.41, 5.74) is 7.32. The zero-order valence-electron chi connectivity index (χ0n) is 6.24. The molecule has 0 spiro atoms. The van der Waals surface area contributed by atoms with Crippen molar-refractivity contribution in [2.75, 3.05) is 0 Å². The lowest BCUT2D eigenvalue weighted by molar-refractivity contribution is 0.0888. The van der Waals surface area contributed by atoms with Crippen LogP contribution in [0.15, 0.2) is 6.07 Å². The first-order chi connectivity index (χ1) is 5.18. The van der Waals surface area contributed by atoms with Crippen molar-refractivity contribution >= 4 is 5.91 Å². The van der Waals surface area contributed by atoms with Crippen LogP contribution in [0.3, 0.4) is 0 Å². The minimum absolute atomic E-state index is 0.0897. The third-order valence-corrected chi connectivity index (χ3v) is 1.86. The molecule has 4 nitrogen and oxygen atoms in total. The number of aromatic nitrogens is 2. The van der Waals surface area contributed by atoms with E-state index >= 15 is 0 Å². The molecule has 0 amide bonds. The van der Waals surface area contributed by atoms with Gasteiger partial charge in [-0.25, -0.2) is 4.68 Å². The third kappa shape index (κ3) is 0.793. The molecule has 1 atom stereocenters. The van der Waals surface area contributed by atoms with Crippen LogP contribution in [0.2, 0.25) is 0 Å². The fraction of sp³-hybridized carbons (Fsp3) is 0.429. The molecular weight excluding hydrogens is 142 g/mol. The third-order valence-electron chi connectivity index (χ3n) is 1.86. The molecule has 0 bridgehead atoms. The molecule has 2 rings (SSSR count). The van der Waals surface area contributed by atoms with Gasteiger partial charge in [-0.1, -0.05) is 0 Å². The second-order valence-corrected chi connectivity index (χ2v) is 2.84. The van der Waals surface area contributed by atoms with E-state index in [0.717, 1.165) is 11.4 Å². The van der Waals surface area contributed by atoms with Crippen LogP contribution in [0.1, 0.15) is 16.2 Å². The number of rotatable bonds is 0. The highest BCUT2D eigenvalue weighted by Crippen LogP contribution is 2.13. The molecule has 58 valence electrons. The van der Waals surface area contributed by atoms with Crippen LogP contribution >= 0.6 is 0 Å². The Morgan fingerprint density at radius 3 is 3.18 bits per heavy atom. The average molecular weight is 151 g/mol. The highest BCUT2D eigenvalue weighted by atomic mass is 16.2. The summed E-state index contributed by atoms with van der Waals surface area (Å²) in [6, 6.07) is 1.52. The molecule has 0 aliphatic carbocycles. The number of fused-ring (bicyclic) bond motifs is 1. The number of nitrogens with two attached hydrogens (primary N) is 1. The van der Waals surface area contributed by atoms with Gasteiger partial charge in [0, 0.05) is 12.1 Å². The van der Waals surface area contributed by atoms with Gasteiger partial charge < -0.3 is 5.73 Å². The minimum Gasteiger partial charge on any atom is -0.319 e. The maximum absolute atomic E-state index is 11.2. The molecule has 11 heavy (non-hydrogen) atoms. The first-order valence-corrected chi connectivity index (χ1v) is 3.54. The predicted molar refractivity (Wildman–Crippen MR) is 39.3 cm³/mol. The maximum atomic E-state index is 11.2. The van der Waals surface area contributed by atoms with E-state index in [-0.39, 0.29) is 11.9 Å². The van der Waals surface area contributed by atoms with Crippen molar-refractivity contribution in [1.82, 2.24) is 9.78 Å². The zero-order valence-corrected chi connectivity index (χ0v) is 6.24. The van der Waals surface area contributed by atoms with Gasteiger partial charge in [-0.2, -0.15) is 5.10 Å².